The quantitative estimate of drug-likeness (QED) is 0.321. The zero-order valence-electron chi connectivity index (χ0n) is 20.0. The number of imide groups is 1. The largest absolute Gasteiger partial charge is 0.497 e. The highest BCUT2D eigenvalue weighted by Gasteiger charge is 2.66. The average molecular weight is 547 g/mol. The predicted molar refractivity (Wildman–Crippen MR) is 135 cm³/mol. The number of carbonyl (C=O) groups excluding carboxylic acids is 4. The lowest BCUT2D eigenvalue weighted by Crippen LogP contribution is -2.37. The number of methoxy groups -OCH3 is 2. The van der Waals surface area contributed by atoms with Gasteiger partial charge < -0.3 is 19.5 Å². The maximum absolute atomic E-state index is 13.2. The van der Waals surface area contributed by atoms with Crippen LogP contribution in [-0.4, -0.2) is 55.3 Å². The van der Waals surface area contributed by atoms with Crippen LogP contribution in [0.1, 0.15) is 16.8 Å². The number of nitrogens with one attached hydrogen (secondary N) is 1. The molecule has 0 radical (unpaired) electrons. The number of carbonyl (C=O) groups is 4. The fraction of sp³-hybridized carbons (Fsp3) is 0.385. The van der Waals surface area contributed by atoms with E-state index in [-0.39, 0.29) is 45.7 Å². The summed E-state index contributed by atoms with van der Waals surface area (Å²) in [5.74, 6) is -2.38. The molecule has 2 aromatic carbocycles. The van der Waals surface area contributed by atoms with Gasteiger partial charge in [0.1, 0.15) is 11.5 Å². The van der Waals surface area contributed by atoms with Gasteiger partial charge in [0.2, 0.25) is 11.8 Å². The first-order valence-electron chi connectivity index (χ1n) is 11.7. The van der Waals surface area contributed by atoms with Gasteiger partial charge in [0.05, 0.1) is 53.7 Å². The number of hydrogen-bond acceptors (Lipinski definition) is 7. The standard InChI is InChI=1S/C26H24Cl2N2O7/c1-35-14-6-7-18(36-2)17(9-14)29-19(31)11-37-26(34)12-4-3-5-13(8-12)30-24(32)20-15-10-16(21(20)25(30)33)23(28)22(15)27/h3-9,15-16,20-23H,10-11H2,1-2H3,(H,29,31)/t15-,16-,20-,21-,22+,23+/m1/s1. The molecular weight excluding hydrogens is 523 g/mol. The van der Waals surface area contributed by atoms with Crippen LogP contribution in [0, 0.1) is 23.7 Å². The molecule has 2 aromatic rings. The smallest absolute Gasteiger partial charge is 0.338 e. The molecule has 0 unspecified atom stereocenters. The third-order valence-electron chi connectivity index (χ3n) is 7.34. The number of hydrogen-bond donors (Lipinski definition) is 1. The summed E-state index contributed by atoms with van der Waals surface area (Å²) in [5.41, 5.74) is 0.713. The van der Waals surface area contributed by atoms with Crippen molar-refractivity contribution in [3.8, 4) is 11.5 Å². The second-order valence-corrected chi connectivity index (χ2v) is 10.3. The van der Waals surface area contributed by atoms with Crippen LogP contribution in [0.15, 0.2) is 42.5 Å². The third kappa shape index (κ3) is 4.30. The summed E-state index contributed by atoms with van der Waals surface area (Å²) in [4.78, 5) is 52.6. The lowest BCUT2D eigenvalue weighted by atomic mass is 9.80. The molecule has 11 heteroatoms. The van der Waals surface area contributed by atoms with Gasteiger partial charge in [0, 0.05) is 6.07 Å². The molecule has 1 N–H and O–H groups in total. The van der Waals surface area contributed by atoms with Crippen LogP contribution in [0.2, 0.25) is 0 Å². The fourth-order valence-electron chi connectivity index (χ4n) is 5.69. The summed E-state index contributed by atoms with van der Waals surface area (Å²) in [6, 6.07) is 10.9. The SMILES string of the molecule is COc1ccc(OC)c(NC(=O)COC(=O)c2cccc(N3C(=O)[C@@H]4[C@H]5C[C@@H]([C@H](Cl)[C@H]5Cl)[C@H]4C3=O)c2)c1. The van der Waals surface area contributed by atoms with Crippen LogP contribution in [0.3, 0.4) is 0 Å². The van der Waals surface area contributed by atoms with Crippen LogP contribution in [-0.2, 0) is 19.1 Å². The number of esters is 1. The van der Waals surface area contributed by atoms with Crippen molar-refractivity contribution in [3.05, 3.63) is 48.0 Å². The number of amides is 3. The second-order valence-electron chi connectivity index (χ2n) is 9.26. The maximum atomic E-state index is 13.2. The molecule has 0 spiro atoms. The molecule has 3 amide bonds. The Morgan fingerprint density at radius 1 is 0.973 bits per heavy atom. The van der Waals surface area contributed by atoms with Gasteiger partial charge in [-0.3, -0.25) is 19.3 Å². The summed E-state index contributed by atoms with van der Waals surface area (Å²) in [5, 5.41) is 1.91. The average Bonchev–Trinajstić information content (AvgIpc) is 3.51. The molecule has 5 rings (SSSR count). The van der Waals surface area contributed by atoms with Gasteiger partial charge >= 0.3 is 5.97 Å². The molecule has 37 heavy (non-hydrogen) atoms. The first kappa shape index (κ1) is 25.4. The Hall–Kier alpha value is -3.30. The molecule has 1 aliphatic heterocycles. The van der Waals surface area contributed by atoms with E-state index < -0.39 is 30.3 Å². The Balaban J connectivity index is 1.26. The van der Waals surface area contributed by atoms with Crippen molar-refractivity contribution in [2.75, 3.05) is 31.0 Å². The highest BCUT2D eigenvalue weighted by Crippen LogP contribution is 2.59. The zero-order valence-corrected chi connectivity index (χ0v) is 21.5. The van der Waals surface area contributed by atoms with E-state index in [0.29, 0.717) is 23.6 Å². The molecule has 2 bridgehead atoms. The van der Waals surface area contributed by atoms with Crippen LogP contribution in [0.4, 0.5) is 11.4 Å². The number of rotatable bonds is 7. The highest BCUT2D eigenvalue weighted by atomic mass is 35.5. The van der Waals surface area contributed by atoms with Crippen molar-refractivity contribution < 1.29 is 33.4 Å². The summed E-state index contributed by atoms with van der Waals surface area (Å²) >= 11 is 12.8. The van der Waals surface area contributed by atoms with Crippen LogP contribution in [0.25, 0.3) is 0 Å². The molecular formula is C26H24Cl2N2O7. The van der Waals surface area contributed by atoms with Gasteiger partial charge in [-0.05, 0) is 48.6 Å². The molecule has 0 aromatic heterocycles. The van der Waals surface area contributed by atoms with E-state index in [1.165, 1.54) is 26.4 Å². The van der Waals surface area contributed by atoms with Gasteiger partial charge in [-0.15, -0.1) is 23.2 Å². The second kappa shape index (κ2) is 9.87. The summed E-state index contributed by atoms with van der Waals surface area (Å²) in [7, 11) is 2.95. The Labute approximate surface area is 222 Å². The van der Waals surface area contributed by atoms with E-state index in [9.17, 15) is 19.2 Å². The van der Waals surface area contributed by atoms with E-state index in [1.807, 2.05) is 0 Å². The van der Waals surface area contributed by atoms with E-state index in [2.05, 4.69) is 5.32 Å². The molecule has 2 saturated carbocycles. The van der Waals surface area contributed by atoms with Gasteiger partial charge in [-0.25, -0.2) is 4.79 Å². The number of ether oxygens (including phenoxy) is 3. The molecule has 1 heterocycles. The van der Waals surface area contributed by atoms with E-state index in [0.717, 1.165) is 4.90 Å². The van der Waals surface area contributed by atoms with Crippen molar-refractivity contribution in [2.24, 2.45) is 23.7 Å². The van der Waals surface area contributed by atoms with Gasteiger partial charge in [0.25, 0.3) is 5.91 Å². The number of nitrogens with zero attached hydrogens (tertiary/aromatic N) is 1. The van der Waals surface area contributed by atoms with E-state index >= 15 is 0 Å². The minimum absolute atomic E-state index is 0.0929. The number of alkyl halides is 2. The Morgan fingerprint density at radius 3 is 2.27 bits per heavy atom. The van der Waals surface area contributed by atoms with E-state index in [1.54, 1.807) is 30.3 Å². The maximum Gasteiger partial charge on any atom is 0.338 e. The van der Waals surface area contributed by atoms with Gasteiger partial charge in [0.15, 0.2) is 6.61 Å². The number of fused-ring (bicyclic) bond motifs is 5. The molecule has 3 aliphatic rings. The first-order valence-corrected chi connectivity index (χ1v) is 12.6. The van der Waals surface area contributed by atoms with Crippen molar-refractivity contribution in [1.29, 1.82) is 0 Å². The zero-order chi connectivity index (χ0) is 26.4. The Morgan fingerprint density at radius 2 is 1.65 bits per heavy atom. The molecule has 2 aliphatic carbocycles. The topological polar surface area (TPSA) is 111 Å². The first-order chi connectivity index (χ1) is 17.7. The molecule has 6 atom stereocenters. The minimum atomic E-state index is -0.782. The van der Waals surface area contributed by atoms with Crippen LogP contribution in [0.5, 0.6) is 11.5 Å². The molecule has 9 nitrogen and oxygen atoms in total. The van der Waals surface area contributed by atoms with Crippen molar-refractivity contribution >= 4 is 58.3 Å². The van der Waals surface area contributed by atoms with Crippen molar-refractivity contribution in [3.63, 3.8) is 0 Å². The van der Waals surface area contributed by atoms with Crippen LogP contribution >= 0.6 is 23.2 Å². The predicted octanol–water partition coefficient (Wildman–Crippen LogP) is 3.47. The number of halogens is 2. The highest BCUT2D eigenvalue weighted by molar-refractivity contribution is 6.32. The number of anilines is 2. The lowest BCUT2D eigenvalue weighted by molar-refractivity contribution is -0.123. The fourth-order valence-corrected chi connectivity index (χ4v) is 6.58. The minimum Gasteiger partial charge on any atom is -0.497 e. The Kier molecular flexibility index (Phi) is 6.76. The molecule has 194 valence electrons. The summed E-state index contributed by atoms with van der Waals surface area (Å²) < 4.78 is 15.5. The Bertz CT molecular complexity index is 1250. The normalized spacial score (nSPS) is 27.7. The van der Waals surface area contributed by atoms with Gasteiger partial charge in [-0.1, -0.05) is 6.07 Å². The summed E-state index contributed by atoms with van der Waals surface area (Å²) in [6.45, 7) is -0.563. The monoisotopic (exact) mass is 546 g/mol. The molecule has 1 saturated heterocycles. The number of benzene rings is 2. The molecule has 3 fully saturated rings. The van der Waals surface area contributed by atoms with Gasteiger partial charge in [-0.2, -0.15) is 0 Å². The lowest BCUT2D eigenvalue weighted by Gasteiger charge is -2.28. The van der Waals surface area contributed by atoms with E-state index in [4.69, 9.17) is 37.4 Å². The van der Waals surface area contributed by atoms with Crippen molar-refractivity contribution in [2.45, 2.75) is 17.2 Å². The third-order valence-corrected chi connectivity index (χ3v) is 8.66. The van der Waals surface area contributed by atoms with Crippen molar-refractivity contribution in [1.82, 2.24) is 0 Å². The summed E-state index contributed by atoms with van der Waals surface area (Å²) in [6.07, 6.45) is 0.666. The van der Waals surface area contributed by atoms with Crippen LogP contribution < -0.4 is 19.7 Å².